The zero-order valence-electron chi connectivity index (χ0n) is 18.5. The highest BCUT2D eigenvalue weighted by atomic mass is 32.2. The number of para-hydroxylation sites is 2. The highest BCUT2D eigenvalue weighted by molar-refractivity contribution is 7.98. The summed E-state index contributed by atoms with van der Waals surface area (Å²) in [5, 5.41) is 6.16. The quantitative estimate of drug-likeness (QED) is 0.553. The van der Waals surface area contributed by atoms with Gasteiger partial charge in [-0.25, -0.2) is 4.98 Å². The number of nitrogens with one attached hydrogen (secondary N) is 2. The van der Waals surface area contributed by atoms with Crippen molar-refractivity contribution in [2.45, 2.75) is 45.3 Å². The van der Waals surface area contributed by atoms with E-state index in [4.69, 9.17) is 4.98 Å². The molecule has 1 aromatic heterocycles. The summed E-state index contributed by atoms with van der Waals surface area (Å²) in [6.45, 7) is 6.02. The van der Waals surface area contributed by atoms with E-state index in [1.807, 2.05) is 74.1 Å². The molecule has 1 unspecified atom stereocenters. The van der Waals surface area contributed by atoms with Gasteiger partial charge in [0.05, 0.1) is 17.1 Å². The van der Waals surface area contributed by atoms with E-state index in [0.717, 1.165) is 16.8 Å². The molecule has 0 bridgehead atoms. The number of hydrogen-bond donors (Lipinski definition) is 2. The number of benzene rings is 2. The fourth-order valence-corrected chi connectivity index (χ4v) is 3.93. The molecular weight excluding hydrogens is 408 g/mol. The van der Waals surface area contributed by atoms with Crippen molar-refractivity contribution in [1.82, 2.24) is 20.2 Å². The zero-order valence-corrected chi connectivity index (χ0v) is 19.3. The van der Waals surface area contributed by atoms with Crippen LogP contribution in [0.4, 0.5) is 0 Å². The largest absolute Gasteiger partial charge is 0.350 e. The first-order chi connectivity index (χ1) is 14.8. The molecule has 2 amide bonds. The minimum Gasteiger partial charge on any atom is -0.350 e. The molecule has 7 heteroatoms. The van der Waals surface area contributed by atoms with Crippen molar-refractivity contribution in [3.05, 3.63) is 66.0 Å². The van der Waals surface area contributed by atoms with Crippen LogP contribution in [0.25, 0.3) is 11.0 Å². The van der Waals surface area contributed by atoms with Crippen molar-refractivity contribution < 1.29 is 9.59 Å². The Morgan fingerprint density at radius 2 is 1.74 bits per heavy atom. The molecule has 31 heavy (non-hydrogen) atoms. The van der Waals surface area contributed by atoms with Crippen molar-refractivity contribution >= 4 is 34.6 Å². The molecular formula is C24H30N4O2S. The lowest BCUT2D eigenvalue weighted by Crippen LogP contribution is -2.42. The number of thioether (sulfide) groups is 1. The van der Waals surface area contributed by atoms with E-state index in [2.05, 4.69) is 10.6 Å². The molecule has 0 aliphatic carbocycles. The van der Waals surface area contributed by atoms with E-state index < -0.39 is 0 Å². The fraction of sp³-hybridized carbons (Fsp3) is 0.375. The normalized spacial score (nSPS) is 12.5. The molecule has 1 heterocycles. The van der Waals surface area contributed by atoms with Gasteiger partial charge in [-0.15, -0.1) is 0 Å². The smallest absolute Gasteiger partial charge is 0.251 e. The Labute approximate surface area is 187 Å². The minimum absolute atomic E-state index is 0.0881. The highest BCUT2D eigenvalue weighted by Crippen LogP contribution is 2.24. The molecule has 0 saturated heterocycles. The number of imidazole rings is 1. The van der Waals surface area contributed by atoms with Gasteiger partial charge in [0.1, 0.15) is 12.4 Å². The Bertz CT molecular complexity index is 1040. The Morgan fingerprint density at radius 3 is 2.42 bits per heavy atom. The summed E-state index contributed by atoms with van der Waals surface area (Å²) in [7, 11) is 0. The van der Waals surface area contributed by atoms with E-state index in [-0.39, 0.29) is 29.9 Å². The van der Waals surface area contributed by atoms with Gasteiger partial charge in [-0.1, -0.05) is 30.3 Å². The molecule has 0 fully saturated rings. The Kier molecular flexibility index (Phi) is 7.38. The molecule has 2 N–H and O–H groups in total. The van der Waals surface area contributed by atoms with Crippen LogP contribution in [0.1, 0.15) is 49.4 Å². The monoisotopic (exact) mass is 438 g/mol. The summed E-state index contributed by atoms with van der Waals surface area (Å²) in [6, 6.07) is 16.6. The first-order valence-electron chi connectivity index (χ1n) is 10.4. The van der Waals surface area contributed by atoms with Crippen LogP contribution >= 0.6 is 11.8 Å². The average Bonchev–Trinajstić information content (AvgIpc) is 3.08. The first-order valence-corrected chi connectivity index (χ1v) is 11.8. The predicted octanol–water partition coefficient (Wildman–Crippen LogP) is 4.18. The van der Waals surface area contributed by atoms with E-state index in [1.165, 1.54) is 0 Å². The molecule has 164 valence electrons. The lowest BCUT2D eigenvalue weighted by atomic mass is 10.1. The van der Waals surface area contributed by atoms with Crippen molar-refractivity contribution in [1.29, 1.82) is 0 Å². The number of aromatic nitrogens is 2. The molecule has 3 rings (SSSR count). The van der Waals surface area contributed by atoms with Gasteiger partial charge >= 0.3 is 0 Å². The van der Waals surface area contributed by atoms with Crippen LogP contribution < -0.4 is 10.6 Å². The molecule has 0 radical (unpaired) electrons. The third-order valence-corrected chi connectivity index (χ3v) is 5.41. The molecule has 0 spiro atoms. The second-order valence-electron chi connectivity index (χ2n) is 8.52. The molecule has 3 aromatic rings. The number of amides is 2. The molecule has 1 atom stereocenters. The third kappa shape index (κ3) is 6.10. The molecule has 2 aromatic carbocycles. The number of hydrogen-bond acceptors (Lipinski definition) is 4. The van der Waals surface area contributed by atoms with Crippen LogP contribution in [-0.2, 0) is 11.3 Å². The summed E-state index contributed by atoms with van der Waals surface area (Å²) in [5.41, 5.74) is 1.96. The average molecular weight is 439 g/mol. The summed E-state index contributed by atoms with van der Waals surface area (Å²) in [5.74, 6) is 1.32. The highest BCUT2D eigenvalue weighted by Gasteiger charge is 2.24. The summed E-state index contributed by atoms with van der Waals surface area (Å²) in [4.78, 5) is 30.5. The van der Waals surface area contributed by atoms with Gasteiger partial charge in [0.15, 0.2) is 0 Å². The summed E-state index contributed by atoms with van der Waals surface area (Å²) in [6.07, 6.45) is 2.75. The molecule has 0 saturated carbocycles. The third-order valence-electron chi connectivity index (χ3n) is 4.76. The van der Waals surface area contributed by atoms with E-state index in [9.17, 15) is 9.59 Å². The van der Waals surface area contributed by atoms with Crippen LogP contribution in [-0.4, -0.2) is 38.9 Å². The lowest BCUT2D eigenvalue weighted by molar-refractivity contribution is -0.123. The number of carbonyl (C=O) groups excluding carboxylic acids is 2. The van der Waals surface area contributed by atoms with Crippen LogP contribution in [0.15, 0.2) is 54.6 Å². The van der Waals surface area contributed by atoms with Crippen molar-refractivity contribution in [3.8, 4) is 0 Å². The van der Waals surface area contributed by atoms with E-state index in [0.29, 0.717) is 17.8 Å². The van der Waals surface area contributed by atoms with Crippen molar-refractivity contribution in [2.24, 2.45) is 0 Å². The predicted molar refractivity (Wildman–Crippen MR) is 127 cm³/mol. The van der Waals surface area contributed by atoms with Crippen LogP contribution in [0.5, 0.6) is 0 Å². The summed E-state index contributed by atoms with van der Waals surface area (Å²) < 4.78 is 1.92. The first kappa shape index (κ1) is 22.9. The maximum Gasteiger partial charge on any atom is 0.251 e. The number of rotatable bonds is 8. The Morgan fingerprint density at radius 1 is 1.06 bits per heavy atom. The van der Waals surface area contributed by atoms with Crippen LogP contribution in [0.2, 0.25) is 0 Å². The standard InChI is InChI=1S/C24H30N4O2S/c1-24(2,3)27-21(29)16-28-20-13-9-8-12-18(20)25-22(28)19(14-15-31-4)26-23(30)17-10-6-5-7-11-17/h5-13,19H,14-16H2,1-4H3,(H,26,30)(H,27,29). The number of carbonyl (C=O) groups is 2. The topological polar surface area (TPSA) is 76.0 Å². The zero-order chi connectivity index (χ0) is 22.4. The Hall–Kier alpha value is -2.80. The van der Waals surface area contributed by atoms with Gasteiger partial charge in [-0.2, -0.15) is 11.8 Å². The number of fused-ring (bicyclic) bond motifs is 1. The summed E-state index contributed by atoms with van der Waals surface area (Å²) >= 11 is 1.71. The minimum atomic E-state index is -0.326. The molecule has 0 aliphatic rings. The van der Waals surface area contributed by atoms with E-state index >= 15 is 0 Å². The van der Waals surface area contributed by atoms with Crippen LogP contribution in [0.3, 0.4) is 0 Å². The van der Waals surface area contributed by atoms with Gasteiger partial charge in [0.2, 0.25) is 5.91 Å². The SMILES string of the molecule is CSCCC(NC(=O)c1ccccc1)c1nc2ccccc2n1CC(=O)NC(C)(C)C. The van der Waals surface area contributed by atoms with Crippen LogP contribution in [0, 0.1) is 0 Å². The van der Waals surface area contributed by atoms with E-state index in [1.54, 1.807) is 23.9 Å². The fourth-order valence-electron chi connectivity index (χ4n) is 3.46. The second-order valence-corrected chi connectivity index (χ2v) is 9.50. The van der Waals surface area contributed by atoms with Gasteiger partial charge in [0, 0.05) is 11.1 Å². The van der Waals surface area contributed by atoms with Gasteiger partial charge in [0.25, 0.3) is 5.91 Å². The van der Waals surface area contributed by atoms with Gasteiger partial charge < -0.3 is 15.2 Å². The van der Waals surface area contributed by atoms with Crippen molar-refractivity contribution in [2.75, 3.05) is 12.0 Å². The van der Waals surface area contributed by atoms with Gasteiger partial charge in [-0.05, 0) is 63.5 Å². The second kappa shape index (κ2) is 10.0. The number of nitrogens with zero attached hydrogens (tertiary/aromatic N) is 2. The molecule has 6 nitrogen and oxygen atoms in total. The lowest BCUT2D eigenvalue weighted by Gasteiger charge is -2.23. The molecule has 0 aliphatic heterocycles. The maximum absolute atomic E-state index is 12.9. The Balaban J connectivity index is 1.97. The van der Waals surface area contributed by atoms with Crippen molar-refractivity contribution in [3.63, 3.8) is 0 Å². The van der Waals surface area contributed by atoms with Gasteiger partial charge in [-0.3, -0.25) is 9.59 Å². The maximum atomic E-state index is 12.9.